The molecule has 0 atom stereocenters. The molecule has 0 saturated carbocycles. The number of thiophene rings is 1. The number of aromatic nitrogens is 2. The van der Waals surface area contributed by atoms with Gasteiger partial charge in [-0.2, -0.15) is 0 Å². The van der Waals surface area contributed by atoms with Crippen molar-refractivity contribution in [3.05, 3.63) is 194 Å². The topological polar surface area (TPSA) is 9.34 Å². The first kappa shape index (κ1) is 31.1. The van der Waals surface area contributed by atoms with Crippen molar-refractivity contribution in [1.82, 2.24) is 8.97 Å². The zero-order chi connectivity index (χ0) is 37.2. The lowest BCUT2D eigenvalue weighted by Crippen LogP contribution is -1.96. The number of fused-ring (bicyclic) bond motifs is 9. The van der Waals surface area contributed by atoms with E-state index < -0.39 is 0 Å². The highest BCUT2D eigenvalue weighted by Gasteiger charge is 2.25. The summed E-state index contributed by atoms with van der Waals surface area (Å²) in [4.78, 5) is 0. The van der Waals surface area contributed by atoms with Crippen LogP contribution in [0.1, 0.15) is 0 Å². The smallest absolute Gasteiger partial charge is 0.0641 e. The fraction of sp³-hybridized carbons (Fsp3) is 0. The summed E-state index contributed by atoms with van der Waals surface area (Å²) in [5, 5.41) is 10.3. The van der Waals surface area contributed by atoms with Crippen LogP contribution in [0.4, 0.5) is 0 Å². The molecule has 4 heterocycles. The molecule has 13 aromatic rings. The maximum atomic E-state index is 2.53. The Morgan fingerprint density at radius 2 is 0.965 bits per heavy atom. The Balaban J connectivity index is 1.20. The molecule has 0 spiro atoms. The second kappa shape index (κ2) is 11.7. The van der Waals surface area contributed by atoms with Gasteiger partial charge in [0.2, 0.25) is 0 Å². The third-order valence-corrected chi connectivity index (χ3v) is 13.5. The molecule has 0 radical (unpaired) electrons. The van der Waals surface area contributed by atoms with Gasteiger partial charge in [0.15, 0.2) is 0 Å². The summed E-state index contributed by atoms with van der Waals surface area (Å²) < 4.78 is 7.71. The van der Waals surface area contributed by atoms with Gasteiger partial charge in [0.1, 0.15) is 0 Å². The van der Waals surface area contributed by atoms with E-state index in [0.717, 1.165) is 5.69 Å². The van der Waals surface area contributed by atoms with Crippen LogP contribution in [-0.2, 0) is 0 Å². The molecule has 2 nitrogen and oxygen atoms in total. The summed E-state index contributed by atoms with van der Waals surface area (Å²) in [7, 11) is 0. The largest absolute Gasteiger partial charge is 0.309 e. The zero-order valence-corrected chi connectivity index (χ0v) is 31.6. The van der Waals surface area contributed by atoms with Crippen molar-refractivity contribution in [3.63, 3.8) is 0 Å². The summed E-state index contributed by atoms with van der Waals surface area (Å²) in [5.74, 6) is 0. The SMILES string of the molecule is c1ccc(-c2ccccc2-c2cccc(-n3c4cc(-c5cccc6c5sc5ccccc56)cc5c6ccccc6n6c7ccccc7c7ccc3c(c54)c76)c2)cc1. The van der Waals surface area contributed by atoms with Crippen LogP contribution in [0.15, 0.2) is 194 Å². The van der Waals surface area contributed by atoms with Crippen LogP contribution in [0.25, 0.3) is 119 Å². The van der Waals surface area contributed by atoms with Gasteiger partial charge in [-0.3, -0.25) is 0 Å². The summed E-state index contributed by atoms with van der Waals surface area (Å²) in [6.07, 6.45) is 0. The summed E-state index contributed by atoms with van der Waals surface area (Å²) in [5.41, 5.74) is 14.7. The van der Waals surface area contributed by atoms with Crippen molar-refractivity contribution in [2.75, 3.05) is 0 Å². The molecule has 0 aliphatic heterocycles. The van der Waals surface area contributed by atoms with Crippen molar-refractivity contribution >= 4 is 91.4 Å². The second-order valence-corrected chi connectivity index (χ2v) is 16.3. The van der Waals surface area contributed by atoms with Gasteiger partial charge in [0.05, 0.1) is 27.6 Å². The average molecular weight is 741 g/mol. The van der Waals surface area contributed by atoms with Gasteiger partial charge in [0.25, 0.3) is 0 Å². The highest BCUT2D eigenvalue weighted by Crippen LogP contribution is 2.48. The first-order valence-electron chi connectivity index (χ1n) is 19.6. The third-order valence-electron chi connectivity index (χ3n) is 12.2. The molecule has 0 aliphatic carbocycles. The Morgan fingerprint density at radius 3 is 1.79 bits per heavy atom. The van der Waals surface area contributed by atoms with Gasteiger partial charge in [-0.25, -0.2) is 0 Å². The molecule has 4 aromatic heterocycles. The summed E-state index contributed by atoms with van der Waals surface area (Å²) in [6.45, 7) is 0. The minimum Gasteiger partial charge on any atom is -0.309 e. The fourth-order valence-electron chi connectivity index (χ4n) is 9.86. The molecule has 0 N–H and O–H groups in total. The molecule has 0 fully saturated rings. The standard InChI is InChI=1S/C54H32N2S/c1-2-14-33(15-3-1)37-18-4-5-19-38(37)34-16-12-17-36(30-34)55-48-29-28-43-40-20-6-9-25-46(40)56-47-26-10-7-21-41(47)45-31-35(32-49(55)51(45)52(48)53(43)56)39-23-13-24-44-42-22-8-11-27-50(42)57-54(39)44/h1-32H. The van der Waals surface area contributed by atoms with Gasteiger partial charge in [-0.1, -0.05) is 146 Å². The van der Waals surface area contributed by atoms with E-state index in [2.05, 4.69) is 203 Å². The molecule has 0 saturated heterocycles. The molecular weight excluding hydrogens is 709 g/mol. The van der Waals surface area contributed by atoms with Crippen molar-refractivity contribution in [2.24, 2.45) is 0 Å². The molecule has 264 valence electrons. The average Bonchev–Trinajstić information content (AvgIpc) is 3.91. The van der Waals surface area contributed by atoms with Gasteiger partial charge in [0, 0.05) is 52.8 Å². The van der Waals surface area contributed by atoms with Crippen LogP contribution in [0.5, 0.6) is 0 Å². The summed E-state index contributed by atoms with van der Waals surface area (Å²) in [6, 6.07) is 71.9. The maximum absolute atomic E-state index is 2.53. The Hall–Kier alpha value is -7.20. The van der Waals surface area contributed by atoms with E-state index in [1.165, 1.54) is 113 Å². The van der Waals surface area contributed by atoms with Gasteiger partial charge in [-0.05, 0) is 87.3 Å². The van der Waals surface area contributed by atoms with Crippen LogP contribution in [0.3, 0.4) is 0 Å². The Kier molecular flexibility index (Phi) is 6.35. The van der Waals surface area contributed by atoms with Crippen molar-refractivity contribution in [1.29, 1.82) is 0 Å². The van der Waals surface area contributed by atoms with E-state index in [4.69, 9.17) is 0 Å². The van der Waals surface area contributed by atoms with Crippen LogP contribution in [0, 0.1) is 0 Å². The normalized spacial score (nSPS) is 12.2. The quantitative estimate of drug-likeness (QED) is 0.170. The monoisotopic (exact) mass is 740 g/mol. The van der Waals surface area contributed by atoms with Crippen LogP contribution < -0.4 is 0 Å². The molecule has 0 bridgehead atoms. The van der Waals surface area contributed by atoms with Crippen molar-refractivity contribution in [2.45, 2.75) is 0 Å². The molecule has 3 heteroatoms. The molecular formula is C54H32N2S. The molecule has 9 aromatic carbocycles. The third kappa shape index (κ3) is 4.29. The number of benzene rings is 9. The Bertz CT molecular complexity index is 3750. The Labute approximate surface area is 332 Å². The second-order valence-electron chi connectivity index (χ2n) is 15.2. The van der Waals surface area contributed by atoms with E-state index in [-0.39, 0.29) is 0 Å². The highest BCUT2D eigenvalue weighted by molar-refractivity contribution is 7.26. The predicted octanol–water partition coefficient (Wildman–Crippen LogP) is 15.3. The van der Waals surface area contributed by atoms with E-state index in [9.17, 15) is 0 Å². The van der Waals surface area contributed by atoms with E-state index in [1.54, 1.807) is 0 Å². The first-order chi connectivity index (χ1) is 28.3. The van der Waals surface area contributed by atoms with E-state index in [1.807, 2.05) is 11.3 Å². The lowest BCUT2D eigenvalue weighted by atomic mass is 9.94. The lowest BCUT2D eigenvalue weighted by Gasteiger charge is -2.14. The number of hydrogen-bond acceptors (Lipinski definition) is 1. The van der Waals surface area contributed by atoms with Crippen LogP contribution in [0.2, 0.25) is 0 Å². The fourth-order valence-corrected chi connectivity index (χ4v) is 11.1. The zero-order valence-electron chi connectivity index (χ0n) is 30.8. The molecule has 0 aliphatic rings. The number of hydrogen-bond donors (Lipinski definition) is 0. The number of rotatable bonds is 4. The Morgan fingerprint density at radius 1 is 0.333 bits per heavy atom. The van der Waals surface area contributed by atoms with Crippen molar-refractivity contribution < 1.29 is 0 Å². The van der Waals surface area contributed by atoms with Gasteiger partial charge >= 0.3 is 0 Å². The van der Waals surface area contributed by atoms with Crippen LogP contribution in [-0.4, -0.2) is 8.97 Å². The van der Waals surface area contributed by atoms with E-state index >= 15 is 0 Å². The lowest BCUT2D eigenvalue weighted by molar-refractivity contribution is 1.18. The molecule has 0 amide bonds. The first-order valence-corrected chi connectivity index (χ1v) is 20.4. The number of para-hydroxylation sites is 2. The molecule has 13 rings (SSSR count). The summed E-state index contributed by atoms with van der Waals surface area (Å²) >= 11 is 1.90. The molecule has 0 unspecified atom stereocenters. The molecule has 57 heavy (non-hydrogen) atoms. The minimum absolute atomic E-state index is 1.15. The van der Waals surface area contributed by atoms with Crippen molar-refractivity contribution in [3.8, 4) is 39.1 Å². The maximum Gasteiger partial charge on any atom is 0.0641 e. The number of nitrogens with zero attached hydrogens (tertiary/aromatic N) is 2. The van der Waals surface area contributed by atoms with E-state index in [0.29, 0.717) is 0 Å². The minimum atomic E-state index is 1.15. The van der Waals surface area contributed by atoms with Gasteiger partial charge < -0.3 is 8.97 Å². The highest BCUT2D eigenvalue weighted by atomic mass is 32.1. The van der Waals surface area contributed by atoms with Gasteiger partial charge in [-0.15, -0.1) is 11.3 Å². The van der Waals surface area contributed by atoms with Crippen LogP contribution >= 0.6 is 11.3 Å². The predicted molar refractivity (Wildman–Crippen MR) is 245 cm³/mol.